The van der Waals surface area contributed by atoms with E-state index >= 15 is 0 Å². The zero-order valence-electron chi connectivity index (χ0n) is 14.2. The van der Waals surface area contributed by atoms with Gasteiger partial charge in [0, 0.05) is 11.1 Å². The van der Waals surface area contributed by atoms with Gasteiger partial charge in [-0.1, -0.05) is 35.9 Å². The van der Waals surface area contributed by atoms with E-state index in [1.165, 1.54) is 24.3 Å². The largest absolute Gasteiger partial charge is 0.402 e. The van der Waals surface area contributed by atoms with Crippen LogP contribution in [0.2, 0.25) is 5.15 Å². The SMILES string of the molecule is Cc1nn(-c2ccccc2)c(Cl)c1/C=C1\N=C(c2cccc(F)c2)OC1=O. The average molecular weight is 382 g/mol. The number of carbonyl (C=O) groups excluding carboxylic acids is 1. The number of nitrogens with zero attached hydrogens (tertiary/aromatic N) is 3. The molecule has 2 heterocycles. The molecule has 0 saturated heterocycles. The molecule has 0 N–H and O–H groups in total. The lowest BCUT2D eigenvalue weighted by molar-refractivity contribution is -0.129. The summed E-state index contributed by atoms with van der Waals surface area (Å²) in [6.45, 7) is 1.79. The molecule has 3 aromatic rings. The number of hydrogen-bond donors (Lipinski definition) is 0. The number of ether oxygens (including phenoxy) is 1. The summed E-state index contributed by atoms with van der Waals surface area (Å²) in [5.74, 6) is -1.01. The lowest BCUT2D eigenvalue weighted by Gasteiger charge is -2.01. The van der Waals surface area contributed by atoms with Crippen molar-refractivity contribution in [1.82, 2.24) is 9.78 Å². The van der Waals surface area contributed by atoms with Gasteiger partial charge < -0.3 is 4.74 Å². The summed E-state index contributed by atoms with van der Waals surface area (Å²) >= 11 is 6.47. The summed E-state index contributed by atoms with van der Waals surface area (Å²) in [6.07, 6.45) is 1.53. The highest BCUT2D eigenvalue weighted by atomic mass is 35.5. The molecule has 1 aliphatic rings. The van der Waals surface area contributed by atoms with Gasteiger partial charge in [-0.25, -0.2) is 18.9 Å². The minimum Gasteiger partial charge on any atom is -0.402 e. The number of hydrogen-bond acceptors (Lipinski definition) is 4. The number of aromatic nitrogens is 2. The zero-order chi connectivity index (χ0) is 19.0. The molecular weight excluding hydrogens is 369 g/mol. The molecule has 0 bridgehead atoms. The van der Waals surface area contributed by atoms with E-state index in [1.54, 1.807) is 17.7 Å². The average Bonchev–Trinajstić information content (AvgIpc) is 3.17. The lowest BCUT2D eigenvalue weighted by atomic mass is 10.2. The molecule has 7 heteroatoms. The van der Waals surface area contributed by atoms with Crippen molar-refractivity contribution in [2.45, 2.75) is 6.92 Å². The van der Waals surface area contributed by atoms with E-state index in [1.807, 2.05) is 30.3 Å². The van der Waals surface area contributed by atoms with E-state index in [0.717, 1.165) is 5.69 Å². The van der Waals surface area contributed by atoms with E-state index in [2.05, 4.69) is 10.1 Å². The molecular formula is C20H13ClFN3O2. The normalized spacial score (nSPS) is 15.1. The molecule has 0 spiro atoms. The van der Waals surface area contributed by atoms with Gasteiger partial charge >= 0.3 is 5.97 Å². The highest BCUT2D eigenvalue weighted by molar-refractivity contribution is 6.31. The Morgan fingerprint density at radius 1 is 1.15 bits per heavy atom. The second kappa shape index (κ2) is 6.81. The van der Waals surface area contributed by atoms with Gasteiger partial charge in [-0.2, -0.15) is 5.10 Å². The molecule has 27 heavy (non-hydrogen) atoms. The van der Waals surface area contributed by atoms with Crippen molar-refractivity contribution >= 4 is 29.5 Å². The van der Waals surface area contributed by atoms with Gasteiger partial charge in [-0.05, 0) is 43.3 Å². The molecule has 0 fully saturated rings. The van der Waals surface area contributed by atoms with Crippen LogP contribution in [0.25, 0.3) is 11.8 Å². The number of esters is 1. The summed E-state index contributed by atoms with van der Waals surface area (Å²) in [5.41, 5.74) is 2.46. The summed E-state index contributed by atoms with van der Waals surface area (Å²) in [4.78, 5) is 16.4. The Labute approximate surface area is 159 Å². The number of halogens is 2. The summed E-state index contributed by atoms with van der Waals surface area (Å²) in [5, 5.41) is 4.78. The Hall–Kier alpha value is -3.25. The van der Waals surface area contributed by atoms with Crippen LogP contribution in [0.15, 0.2) is 65.3 Å². The first kappa shape index (κ1) is 17.2. The fourth-order valence-electron chi connectivity index (χ4n) is 2.71. The summed E-state index contributed by atoms with van der Waals surface area (Å²) in [7, 11) is 0. The van der Waals surface area contributed by atoms with Gasteiger partial charge in [0.25, 0.3) is 0 Å². The molecule has 1 aliphatic heterocycles. The molecule has 5 nitrogen and oxygen atoms in total. The van der Waals surface area contributed by atoms with Crippen LogP contribution in [0.4, 0.5) is 4.39 Å². The smallest absolute Gasteiger partial charge is 0.363 e. The molecule has 134 valence electrons. The molecule has 0 atom stereocenters. The van der Waals surface area contributed by atoms with Crippen molar-refractivity contribution in [2.24, 2.45) is 4.99 Å². The van der Waals surface area contributed by atoms with Crippen LogP contribution in [-0.2, 0) is 9.53 Å². The highest BCUT2D eigenvalue weighted by Gasteiger charge is 2.26. The quantitative estimate of drug-likeness (QED) is 0.501. The summed E-state index contributed by atoms with van der Waals surface area (Å²) in [6, 6.07) is 15.1. The first-order valence-electron chi connectivity index (χ1n) is 8.12. The van der Waals surface area contributed by atoms with Crippen molar-refractivity contribution < 1.29 is 13.9 Å². The van der Waals surface area contributed by atoms with E-state index in [9.17, 15) is 9.18 Å². The third-order valence-corrected chi connectivity index (χ3v) is 4.39. The Morgan fingerprint density at radius 2 is 1.93 bits per heavy atom. The predicted molar refractivity (Wildman–Crippen MR) is 100 cm³/mol. The van der Waals surface area contributed by atoms with E-state index < -0.39 is 11.8 Å². The second-order valence-electron chi connectivity index (χ2n) is 5.88. The standard InChI is InChI=1S/C20H13ClFN3O2/c1-12-16(18(21)25(24-12)15-8-3-2-4-9-15)11-17-20(26)27-19(23-17)13-6-5-7-14(22)10-13/h2-11H,1H3/b17-11-. The Balaban J connectivity index is 1.74. The number of para-hydroxylation sites is 1. The molecule has 0 radical (unpaired) electrons. The highest BCUT2D eigenvalue weighted by Crippen LogP contribution is 2.28. The lowest BCUT2D eigenvalue weighted by Crippen LogP contribution is -2.05. The van der Waals surface area contributed by atoms with Crippen molar-refractivity contribution in [3.8, 4) is 5.69 Å². The Bertz CT molecular complexity index is 1100. The maximum absolute atomic E-state index is 13.4. The van der Waals surface area contributed by atoms with Crippen LogP contribution in [0.1, 0.15) is 16.8 Å². The van der Waals surface area contributed by atoms with Gasteiger partial charge in [-0.3, -0.25) is 0 Å². The molecule has 0 saturated carbocycles. The number of cyclic esters (lactones) is 1. The third-order valence-electron chi connectivity index (χ3n) is 4.02. The molecule has 0 unspecified atom stereocenters. The van der Waals surface area contributed by atoms with E-state index in [-0.39, 0.29) is 11.6 Å². The minimum absolute atomic E-state index is 0.0509. The summed E-state index contributed by atoms with van der Waals surface area (Å²) < 4.78 is 20.1. The van der Waals surface area contributed by atoms with Crippen LogP contribution in [0.3, 0.4) is 0 Å². The monoisotopic (exact) mass is 381 g/mol. The Morgan fingerprint density at radius 3 is 2.67 bits per heavy atom. The van der Waals surface area contributed by atoms with Gasteiger partial charge in [0.2, 0.25) is 5.90 Å². The maximum Gasteiger partial charge on any atom is 0.363 e. The van der Waals surface area contributed by atoms with Crippen LogP contribution in [-0.4, -0.2) is 21.6 Å². The maximum atomic E-state index is 13.4. The Kier molecular flexibility index (Phi) is 4.33. The number of rotatable bonds is 3. The fourth-order valence-corrected chi connectivity index (χ4v) is 3.03. The number of aryl methyl sites for hydroxylation is 1. The van der Waals surface area contributed by atoms with Gasteiger partial charge in [0.15, 0.2) is 5.70 Å². The minimum atomic E-state index is -0.628. The number of aliphatic imine (C=N–C) groups is 1. The van der Waals surface area contributed by atoms with E-state index in [0.29, 0.717) is 22.0 Å². The predicted octanol–water partition coefficient (Wildman–Crippen LogP) is 4.32. The van der Waals surface area contributed by atoms with Crippen molar-refractivity contribution in [1.29, 1.82) is 0 Å². The molecule has 1 aromatic heterocycles. The zero-order valence-corrected chi connectivity index (χ0v) is 14.9. The second-order valence-corrected chi connectivity index (χ2v) is 6.24. The first-order chi connectivity index (χ1) is 13.0. The van der Waals surface area contributed by atoms with Crippen LogP contribution in [0.5, 0.6) is 0 Å². The van der Waals surface area contributed by atoms with Gasteiger partial charge in [0.1, 0.15) is 11.0 Å². The topological polar surface area (TPSA) is 56.5 Å². The molecule has 4 rings (SSSR count). The van der Waals surface area contributed by atoms with Gasteiger partial charge in [-0.15, -0.1) is 0 Å². The first-order valence-corrected chi connectivity index (χ1v) is 8.50. The number of benzene rings is 2. The third kappa shape index (κ3) is 3.27. The molecule has 0 amide bonds. The van der Waals surface area contributed by atoms with Crippen LogP contribution in [0, 0.1) is 12.7 Å². The van der Waals surface area contributed by atoms with Crippen LogP contribution < -0.4 is 0 Å². The molecule has 2 aromatic carbocycles. The fraction of sp³-hybridized carbons (Fsp3) is 0.0500. The van der Waals surface area contributed by atoms with Crippen molar-refractivity contribution in [2.75, 3.05) is 0 Å². The van der Waals surface area contributed by atoms with E-state index in [4.69, 9.17) is 16.3 Å². The molecule has 0 aliphatic carbocycles. The van der Waals surface area contributed by atoms with Crippen molar-refractivity contribution in [3.63, 3.8) is 0 Å². The number of carbonyl (C=O) groups is 1. The van der Waals surface area contributed by atoms with Crippen LogP contribution >= 0.6 is 11.6 Å². The van der Waals surface area contributed by atoms with Crippen molar-refractivity contribution in [3.05, 3.63) is 88.1 Å². The van der Waals surface area contributed by atoms with Gasteiger partial charge in [0.05, 0.1) is 11.4 Å².